The molecule has 0 spiro atoms. The van der Waals surface area contributed by atoms with Crippen LogP contribution < -0.4 is 10.1 Å². The van der Waals surface area contributed by atoms with Crippen molar-refractivity contribution in [3.8, 4) is 17.0 Å². The van der Waals surface area contributed by atoms with Crippen molar-refractivity contribution >= 4 is 50.7 Å². The van der Waals surface area contributed by atoms with Crippen LogP contribution in [0.1, 0.15) is 12.1 Å². The maximum atomic E-state index is 13.8. The van der Waals surface area contributed by atoms with E-state index in [2.05, 4.69) is 15.4 Å². The zero-order valence-corrected chi connectivity index (χ0v) is 22.2. The molecule has 15 heteroatoms. The Bertz CT molecular complexity index is 1660. The predicted molar refractivity (Wildman–Crippen MR) is 139 cm³/mol. The second kappa shape index (κ2) is 11.0. The van der Waals surface area contributed by atoms with Crippen molar-refractivity contribution in [2.45, 2.75) is 11.3 Å². The van der Waals surface area contributed by atoms with Crippen molar-refractivity contribution in [3.63, 3.8) is 0 Å². The average Bonchev–Trinajstić information content (AvgIpc) is 3.32. The number of rotatable bonds is 6. The number of halogens is 4. The van der Waals surface area contributed by atoms with Crippen LogP contribution in [0.5, 0.6) is 5.75 Å². The van der Waals surface area contributed by atoms with Crippen LogP contribution in [-0.2, 0) is 14.8 Å². The summed E-state index contributed by atoms with van der Waals surface area (Å²) in [7, 11) is -3.80. The molecule has 1 amide bonds. The fourth-order valence-corrected chi connectivity index (χ4v) is 5.66. The number of sulfonamides is 1. The van der Waals surface area contributed by atoms with Gasteiger partial charge < -0.3 is 9.47 Å². The molecule has 204 valence electrons. The van der Waals surface area contributed by atoms with E-state index in [4.69, 9.17) is 32.7 Å². The highest BCUT2D eigenvalue weighted by molar-refractivity contribution is 7.89. The fraction of sp³-hybridized carbons (Fsp3) is 0.208. The SMILES string of the molecule is O=C(Nc1cccc(S(=O)(=O)N2CCOCC2)c1)Oc1cnn2c(C(F)F)cc(-c3ccc(Cl)c(Cl)c3)nc12. The Balaban J connectivity index is 1.41. The van der Waals surface area contributed by atoms with Gasteiger partial charge in [-0.25, -0.2) is 31.5 Å². The van der Waals surface area contributed by atoms with Gasteiger partial charge in [0, 0.05) is 24.3 Å². The zero-order chi connectivity index (χ0) is 27.7. The van der Waals surface area contributed by atoms with E-state index in [0.29, 0.717) is 5.56 Å². The average molecular weight is 598 g/mol. The molecule has 0 aliphatic carbocycles. The summed E-state index contributed by atoms with van der Waals surface area (Å²) >= 11 is 12.0. The van der Waals surface area contributed by atoms with Crippen LogP contribution >= 0.6 is 23.2 Å². The van der Waals surface area contributed by atoms with E-state index < -0.39 is 28.2 Å². The molecule has 0 bridgehead atoms. The molecule has 0 radical (unpaired) electrons. The lowest BCUT2D eigenvalue weighted by Crippen LogP contribution is -2.40. The molecular formula is C24H19Cl2F2N5O5S. The number of hydrogen-bond acceptors (Lipinski definition) is 7. The first-order chi connectivity index (χ1) is 18.6. The molecule has 1 N–H and O–H groups in total. The summed E-state index contributed by atoms with van der Waals surface area (Å²) in [6.07, 6.45) is -2.85. The maximum Gasteiger partial charge on any atom is 0.417 e. The Morgan fingerprint density at radius 1 is 1.08 bits per heavy atom. The first-order valence-electron chi connectivity index (χ1n) is 11.4. The molecule has 4 aromatic rings. The molecule has 2 aromatic heterocycles. The molecule has 1 aliphatic heterocycles. The van der Waals surface area contributed by atoms with Crippen molar-refractivity contribution in [2.24, 2.45) is 0 Å². The Morgan fingerprint density at radius 2 is 1.85 bits per heavy atom. The Hall–Kier alpha value is -3.36. The van der Waals surface area contributed by atoms with Gasteiger partial charge in [0.1, 0.15) is 5.69 Å². The van der Waals surface area contributed by atoms with E-state index in [1.807, 2.05) is 0 Å². The summed E-state index contributed by atoms with van der Waals surface area (Å²) in [5.74, 6) is -0.201. The minimum absolute atomic E-state index is 0.0207. The molecule has 39 heavy (non-hydrogen) atoms. The number of aromatic nitrogens is 3. The van der Waals surface area contributed by atoms with Crippen LogP contribution in [0.3, 0.4) is 0 Å². The van der Waals surface area contributed by atoms with Gasteiger partial charge in [-0.05, 0) is 36.4 Å². The number of nitrogens with one attached hydrogen (secondary N) is 1. The van der Waals surface area contributed by atoms with Gasteiger partial charge in [-0.3, -0.25) is 5.32 Å². The number of anilines is 1. The monoisotopic (exact) mass is 597 g/mol. The van der Waals surface area contributed by atoms with Crippen LogP contribution in [0.15, 0.2) is 59.6 Å². The molecule has 1 aliphatic rings. The lowest BCUT2D eigenvalue weighted by molar-refractivity contribution is 0.0730. The van der Waals surface area contributed by atoms with E-state index in [1.54, 1.807) is 6.07 Å². The number of nitrogens with zero attached hydrogens (tertiary/aromatic N) is 4. The third-order valence-corrected chi connectivity index (χ3v) is 8.43. The van der Waals surface area contributed by atoms with Gasteiger partial charge in [-0.15, -0.1) is 0 Å². The van der Waals surface area contributed by atoms with Crippen LogP contribution in [0.25, 0.3) is 16.9 Å². The second-order valence-electron chi connectivity index (χ2n) is 8.30. The molecule has 1 fully saturated rings. The molecule has 2 aromatic carbocycles. The Kier molecular flexibility index (Phi) is 7.69. The predicted octanol–water partition coefficient (Wildman–Crippen LogP) is 5.27. The fourth-order valence-electron chi connectivity index (χ4n) is 3.91. The minimum atomic E-state index is -3.80. The standard InChI is InChI=1S/C24H19Cl2F2N5O5S/c25-17-5-4-14(10-18(17)26)19-12-20(22(27)28)33-23(31-19)21(13-29-33)38-24(34)30-15-2-1-3-16(11-15)39(35,36)32-6-8-37-9-7-32/h1-5,10-13,22H,6-9H2,(H,30,34). The number of carbonyl (C=O) groups is 1. The van der Waals surface area contributed by atoms with Crippen LogP contribution in [0.4, 0.5) is 19.3 Å². The zero-order valence-electron chi connectivity index (χ0n) is 19.9. The molecule has 5 rings (SSSR count). The van der Waals surface area contributed by atoms with Crippen molar-refractivity contribution in [1.82, 2.24) is 18.9 Å². The molecule has 1 saturated heterocycles. The summed E-state index contributed by atoms with van der Waals surface area (Å²) in [6.45, 7) is 1.01. The normalized spacial score (nSPS) is 14.6. The number of ether oxygens (including phenoxy) is 2. The quantitative estimate of drug-likeness (QED) is 0.322. The van der Waals surface area contributed by atoms with Gasteiger partial charge >= 0.3 is 6.09 Å². The number of fused-ring (bicyclic) bond motifs is 1. The number of carbonyl (C=O) groups excluding carboxylic acids is 1. The first kappa shape index (κ1) is 27.2. The van der Waals surface area contributed by atoms with E-state index in [0.717, 1.165) is 16.8 Å². The third kappa shape index (κ3) is 5.68. The number of benzene rings is 2. The first-order valence-corrected chi connectivity index (χ1v) is 13.6. The highest BCUT2D eigenvalue weighted by Gasteiger charge is 2.27. The Labute approximate surface area is 231 Å². The summed E-state index contributed by atoms with van der Waals surface area (Å²) < 4.78 is 66.2. The van der Waals surface area contributed by atoms with E-state index in [9.17, 15) is 22.0 Å². The summed E-state index contributed by atoms with van der Waals surface area (Å²) in [5, 5.41) is 6.82. The van der Waals surface area contributed by atoms with Gasteiger partial charge in [-0.1, -0.05) is 35.3 Å². The number of amides is 1. The van der Waals surface area contributed by atoms with Crippen molar-refractivity contribution in [1.29, 1.82) is 0 Å². The minimum Gasteiger partial charge on any atom is -0.404 e. The lowest BCUT2D eigenvalue weighted by atomic mass is 10.1. The largest absolute Gasteiger partial charge is 0.417 e. The molecule has 0 atom stereocenters. The summed E-state index contributed by atoms with van der Waals surface area (Å²) in [5.41, 5.74) is 0.0420. The van der Waals surface area contributed by atoms with Gasteiger partial charge in [0.2, 0.25) is 10.0 Å². The molecule has 10 nitrogen and oxygen atoms in total. The maximum absolute atomic E-state index is 13.8. The Morgan fingerprint density at radius 3 is 2.56 bits per heavy atom. The van der Waals surface area contributed by atoms with E-state index >= 15 is 0 Å². The summed E-state index contributed by atoms with van der Waals surface area (Å²) in [4.78, 5) is 17.0. The van der Waals surface area contributed by atoms with Crippen LogP contribution in [0, 0.1) is 0 Å². The van der Waals surface area contributed by atoms with Gasteiger partial charge in [-0.2, -0.15) is 9.40 Å². The smallest absolute Gasteiger partial charge is 0.404 e. The number of alkyl halides is 2. The van der Waals surface area contributed by atoms with Crippen molar-refractivity contribution in [2.75, 3.05) is 31.6 Å². The van der Waals surface area contributed by atoms with Crippen molar-refractivity contribution in [3.05, 3.63) is 70.5 Å². The second-order valence-corrected chi connectivity index (χ2v) is 11.1. The summed E-state index contributed by atoms with van der Waals surface area (Å²) in [6, 6.07) is 11.3. The molecule has 0 saturated carbocycles. The highest BCUT2D eigenvalue weighted by Crippen LogP contribution is 2.32. The van der Waals surface area contributed by atoms with E-state index in [-0.39, 0.29) is 64.0 Å². The number of morpholine rings is 1. The topological polar surface area (TPSA) is 115 Å². The third-order valence-electron chi connectivity index (χ3n) is 5.80. The van der Waals surface area contributed by atoms with Gasteiger partial charge in [0.05, 0.1) is 40.0 Å². The molecule has 3 heterocycles. The van der Waals surface area contributed by atoms with E-state index in [1.165, 1.54) is 40.7 Å². The molecular weight excluding hydrogens is 579 g/mol. The van der Waals surface area contributed by atoms with Crippen LogP contribution in [0.2, 0.25) is 10.0 Å². The van der Waals surface area contributed by atoms with Gasteiger partial charge in [0.25, 0.3) is 6.43 Å². The van der Waals surface area contributed by atoms with Gasteiger partial charge in [0.15, 0.2) is 11.4 Å². The molecule has 0 unspecified atom stereocenters. The highest BCUT2D eigenvalue weighted by atomic mass is 35.5. The van der Waals surface area contributed by atoms with Crippen molar-refractivity contribution < 1.29 is 31.5 Å². The lowest BCUT2D eigenvalue weighted by Gasteiger charge is -2.26. The number of hydrogen-bond donors (Lipinski definition) is 1. The van der Waals surface area contributed by atoms with Crippen LogP contribution in [-0.4, -0.2) is 59.7 Å².